The normalized spacial score (nSPS) is 12.4. The number of hydrogen-bond donors (Lipinski definition) is 1. The fraction of sp³-hybridized carbons (Fsp3) is 0.267. The Morgan fingerprint density at radius 1 is 1.37 bits per heavy atom. The molecule has 0 fully saturated rings. The van der Waals surface area contributed by atoms with Crippen LogP contribution in [0.4, 0.5) is 4.39 Å². The van der Waals surface area contributed by atoms with Crippen molar-refractivity contribution in [2.75, 3.05) is 0 Å². The number of pyridine rings is 1. The van der Waals surface area contributed by atoms with Crippen molar-refractivity contribution < 1.29 is 4.39 Å². The van der Waals surface area contributed by atoms with Crippen molar-refractivity contribution in [1.29, 1.82) is 0 Å². The van der Waals surface area contributed by atoms with E-state index in [2.05, 4.69) is 33.2 Å². The summed E-state index contributed by atoms with van der Waals surface area (Å²) >= 11 is 3.21. The third kappa shape index (κ3) is 3.61. The minimum atomic E-state index is -0.239. The van der Waals surface area contributed by atoms with Crippen LogP contribution in [0.25, 0.3) is 0 Å². The molecule has 1 aromatic carbocycles. The third-order valence-corrected chi connectivity index (χ3v) is 3.74. The lowest BCUT2D eigenvalue weighted by Gasteiger charge is -2.15. The summed E-state index contributed by atoms with van der Waals surface area (Å²) in [6.45, 7) is 4.80. The van der Waals surface area contributed by atoms with Gasteiger partial charge in [-0.2, -0.15) is 0 Å². The molecule has 0 saturated heterocycles. The summed E-state index contributed by atoms with van der Waals surface area (Å²) in [4.78, 5) is 4.34. The molecular weight excluding hydrogens is 307 g/mol. The van der Waals surface area contributed by atoms with E-state index in [1.54, 1.807) is 18.3 Å². The molecule has 2 nitrogen and oxygen atoms in total. The number of hydrogen-bond acceptors (Lipinski definition) is 2. The Hall–Kier alpha value is -1.26. The summed E-state index contributed by atoms with van der Waals surface area (Å²) in [5.74, 6) is -0.239. The van der Waals surface area contributed by atoms with E-state index in [1.807, 2.05) is 19.1 Å². The van der Waals surface area contributed by atoms with Gasteiger partial charge >= 0.3 is 0 Å². The van der Waals surface area contributed by atoms with E-state index in [4.69, 9.17) is 0 Å². The molecule has 4 heteroatoms. The lowest BCUT2D eigenvalue weighted by atomic mass is 10.1. The first kappa shape index (κ1) is 14.2. The minimum absolute atomic E-state index is 0.137. The number of benzene rings is 1. The van der Waals surface area contributed by atoms with Crippen LogP contribution in [0.15, 0.2) is 41.0 Å². The van der Waals surface area contributed by atoms with Crippen LogP contribution in [0.2, 0.25) is 0 Å². The van der Waals surface area contributed by atoms with Crippen LogP contribution in [0, 0.1) is 12.7 Å². The van der Waals surface area contributed by atoms with Crippen molar-refractivity contribution in [3.05, 3.63) is 63.6 Å². The van der Waals surface area contributed by atoms with Crippen LogP contribution in [0.5, 0.6) is 0 Å². The monoisotopic (exact) mass is 322 g/mol. The molecule has 0 aliphatic heterocycles. The molecule has 1 unspecified atom stereocenters. The summed E-state index contributed by atoms with van der Waals surface area (Å²) in [5.41, 5.74) is 3.25. The van der Waals surface area contributed by atoms with Gasteiger partial charge in [0.25, 0.3) is 0 Å². The Morgan fingerprint density at radius 3 is 2.84 bits per heavy atom. The van der Waals surface area contributed by atoms with Gasteiger partial charge in [0.15, 0.2) is 0 Å². The molecule has 19 heavy (non-hydrogen) atoms. The standard InChI is InChI=1S/C15H16BrFN2/c1-10-4-3-7-18-15(10)9-19-11(2)12-5-6-14(17)13(16)8-12/h3-8,11,19H,9H2,1-2H3. The van der Waals surface area contributed by atoms with Crippen LogP contribution >= 0.6 is 15.9 Å². The molecule has 2 aromatic rings. The minimum Gasteiger partial charge on any atom is -0.305 e. The Labute approximate surface area is 121 Å². The predicted molar refractivity (Wildman–Crippen MR) is 78.3 cm³/mol. The number of rotatable bonds is 4. The SMILES string of the molecule is Cc1cccnc1CNC(C)c1ccc(F)c(Br)c1. The summed E-state index contributed by atoms with van der Waals surface area (Å²) in [6, 6.07) is 9.19. The van der Waals surface area contributed by atoms with E-state index in [-0.39, 0.29) is 11.9 Å². The van der Waals surface area contributed by atoms with Gasteiger partial charge in [0.2, 0.25) is 0 Å². The van der Waals surface area contributed by atoms with Crippen LogP contribution in [0.3, 0.4) is 0 Å². The Bertz CT molecular complexity index is 572. The van der Waals surface area contributed by atoms with Gasteiger partial charge in [0.05, 0.1) is 10.2 Å². The van der Waals surface area contributed by atoms with Gasteiger partial charge in [0.1, 0.15) is 5.82 Å². The molecule has 100 valence electrons. The topological polar surface area (TPSA) is 24.9 Å². The smallest absolute Gasteiger partial charge is 0.137 e. The van der Waals surface area contributed by atoms with Crippen molar-refractivity contribution in [1.82, 2.24) is 10.3 Å². The predicted octanol–water partition coefficient (Wildman–Crippen LogP) is 4.14. The highest BCUT2D eigenvalue weighted by molar-refractivity contribution is 9.10. The summed E-state index contributed by atoms with van der Waals surface area (Å²) in [5, 5.41) is 3.40. The van der Waals surface area contributed by atoms with Gasteiger partial charge in [-0.3, -0.25) is 4.98 Å². The highest BCUT2D eigenvalue weighted by Gasteiger charge is 2.08. The first-order chi connectivity index (χ1) is 9.08. The van der Waals surface area contributed by atoms with Gasteiger partial charge < -0.3 is 5.32 Å². The molecule has 0 spiro atoms. The fourth-order valence-electron chi connectivity index (χ4n) is 1.85. The zero-order valence-corrected chi connectivity index (χ0v) is 12.5. The number of aromatic nitrogens is 1. The van der Waals surface area contributed by atoms with Crippen LogP contribution in [-0.2, 0) is 6.54 Å². The number of nitrogens with one attached hydrogen (secondary N) is 1. The van der Waals surface area contributed by atoms with E-state index in [0.717, 1.165) is 11.3 Å². The zero-order valence-electron chi connectivity index (χ0n) is 11.0. The molecule has 0 bridgehead atoms. The zero-order chi connectivity index (χ0) is 13.8. The largest absolute Gasteiger partial charge is 0.305 e. The van der Waals surface area contributed by atoms with E-state index >= 15 is 0 Å². The molecule has 1 aromatic heterocycles. The fourth-order valence-corrected chi connectivity index (χ4v) is 2.25. The number of halogens is 2. The first-order valence-electron chi connectivity index (χ1n) is 6.16. The van der Waals surface area contributed by atoms with Crippen molar-refractivity contribution in [3.8, 4) is 0 Å². The van der Waals surface area contributed by atoms with E-state index in [0.29, 0.717) is 11.0 Å². The molecule has 1 N–H and O–H groups in total. The maximum Gasteiger partial charge on any atom is 0.137 e. The van der Waals surface area contributed by atoms with Gasteiger partial charge in [-0.15, -0.1) is 0 Å². The average molecular weight is 323 g/mol. The molecule has 0 aliphatic rings. The molecule has 0 aliphatic carbocycles. The number of aryl methyl sites for hydroxylation is 1. The molecule has 0 amide bonds. The van der Waals surface area contributed by atoms with Crippen molar-refractivity contribution in [2.24, 2.45) is 0 Å². The van der Waals surface area contributed by atoms with Gasteiger partial charge in [-0.25, -0.2) is 4.39 Å². The Morgan fingerprint density at radius 2 is 2.16 bits per heavy atom. The summed E-state index contributed by atoms with van der Waals surface area (Å²) in [7, 11) is 0. The highest BCUT2D eigenvalue weighted by Crippen LogP contribution is 2.21. The maximum absolute atomic E-state index is 13.2. The van der Waals surface area contributed by atoms with Gasteiger partial charge in [0, 0.05) is 18.8 Å². The summed E-state index contributed by atoms with van der Waals surface area (Å²) < 4.78 is 13.7. The first-order valence-corrected chi connectivity index (χ1v) is 6.96. The average Bonchev–Trinajstić information content (AvgIpc) is 2.40. The molecule has 2 rings (SSSR count). The third-order valence-electron chi connectivity index (χ3n) is 3.14. The van der Waals surface area contributed by atoms with E-state index in [9.17, 15) is 4.39 Å². The van der Waals surface area contributed by atoms with E-state index < -0.39 is 0 Å². The molecular formula is C15H16BrFN2. The van der Waals surface area contributed by atoms with Crippen LogP contribution in [0.1, 0.15) is 29.8 Å². The van der Waals surface area contributed by atoms with Crippen molar-refractivity contribution in [3.63, 3.8) is 0 Å². The van der Waals surface area contributed by atoms with Gasteiger partial charge in [-0.05, 0) is 59.1 Å². The van der Waals surface area contributed by atoms with Crippen molar-refractivity contribution >= 4 is 15.9 Å². The second-order valence-corrected chi connectivity index (χ2v) is 5.40. The van der Waals surface area contributed by atoms with Crippen LogP contribution < -0.4 is 5.32 Å². The molecule has 0 saturated carbocycles. The van der Waals surface area contributed by atoms with Gasteiger partial charge in [-0.1, -0.05) is 12.1 Å². The quantitative estimate of drug-likeness (QED) is 0.915. The molecule has 1 atom stereocenters. The second kappa shape index (κ2) is 6.26. The Kier molecular flexibility index (Phi) is 4.66. The maximum atomic E-state index is 13.2. The highest BCUT2D eigenvalue weighted by atomic mass is 79.9. The molecule has 0 radical (unpaired) electrons. The van der Waals surface area contributed by atoms with Crippen molar-refractivity contribution in [2.45, 2.75) is 26.4 Å². The van der Waals surface area contributed by atoms with Crippen LogP contribution in [-0.4, -0.2) is 4.98 Å². The lowest BCUT2D eigenvalue weighted by molar-refractivity contribution is 0.562. The second-order valence-electron chi connectivity index (χ2n) is 4.54. The van der Waals surface area contributed by atoms with E-state index in [1.165, 1.54) is 11.6 Å². The Balaban J connectivity index is 2.03. The molecule has 1 heterocycles. The summed E-state index contributed by atoms with van der Waals surface area (Å²) in [6.07, 6.45) is 1.79. The lowest BCUT2D eigenvalue weighted by Crippen LogP contribution is -2.19. The number of nitrogens with zero attached hydrogens (tertiary/aromatic N) is 1.